The maximum absolute atomic E-state index is 12.9. The molecule has 2 aliphatic rings. The van der Waals surface area contributed by atoms with Gasteiger partial charge < -0.3 is 19.5 Å². The molecular weight excluding hydrogens is 322 g/mol. The highest BCUT2D eigenvalue weighted by Gasteiger charge is 2.49. The molecule has 3 unspecified atom stereocenters. The van der Waals surface area contributed by atoms with Crippen molar-refractivity contribution in [3.8, 4) is 11.5 Å². The largest absolute Gasteiger partial charge is 0.493 e. The minimum absolute atomic E-state index is 0.0681. The number of carboxylic acids is 1. The average Bonchev–Trinajstić information content (AvgIpc) is 3.19. The van der Waals surface area contributed by atoms with Crippen LogP contribution in [0.3, 0.4) is 0 Å². The van der Waals surface area contributed by atoms with Gasteiger partial charge in [-0.05, 0) is 42.9 Å². The number of nitrogens with zero attached hydrogens (tertiary/aromatic N) is 1. The molecule has 1 amide bonds. The number of carbonyl (C=O) groups is 2. The summed E-state index contributed by atoms with van der Waals surface area (Å²) in [7, 11) is 1.50. The van der Waals surface area contributed by atoms with Gasteiger partial charge in [-0.3, -0.25) is 4.79 Å². The molecule has 25 heavy (non-hydrogen) atoms. The average molecular weight is 345 g/mol. The van der Waals surface area contributed by atoms with Crippen LogP contribution in [-0.2, 0) is 4.79 Å². The molecule has 6 heteroatoms. The Balaban J connectivity index is 1.84. The van der Waals surface area contributed by atoms with Crippen LogP contribution >= 0.6 is 0 Å². The number of amides is 1. The summed E-state index contributed by atoms with van der Waals surface area (Å²) in [5.41, 5.74) is 0.411. The van der Waals surface area contributed by atoms with Crippen molar-refractivity contribution in [1.29, 1.82) is 0 Å². The lowest BCUT2D eigenvalue weighted by molar-refractivity contribution is -0.142. The third kappa shape index (κ3) is 3.21. The Bertz CT molecular complexity index is 686. The Morgan fingerprint density at radius 2 is 2.16 bits per heavy atom. The molecule has 6 nitrogen and oxygen atoms in total. The summed E-state index contributed by atoms with van der Waals surface area (Å²) >= 11 is 0. The zero-order valence-corrected chi connectivity index (χ0v) is 14.3. The topological polar surface area (TPSA) is 76.1 Å². The van der Waals surface area contributed by atoms with Crippen molar-refractivity contribution in [2.24, 2.45) is 11.8 Å². The highest BCUT2D eigenvalue weighted by Crippen LogP contribution is 2.43. The van der Waals surface area contributed by atoms with Gasteiger partial charge in [0.2, 0.25) is 0 Å². The van der Waals surface area contributed by atoms with Crippen molar-refractivity contribution in [2.45, 2.75) is 25.3 Å². The molecule has 1 N–H and O–H groups in total. The highest BCUT2D eigenvalue weighted by molar-refractivity contribution is 5.97. The van der Waals surface area contributed by atoms with Gasteiger partial charge in [0.25, 0.3) is 5.91 Å². The maximum Gasteiger partial charge on any atom is 0.326 e. The van der Waals surface area contributed by atoms with E-state index in [2.05, 4.69) is 6.58 Å². The molecule has 3 atom stereocenters. The number of carbonyl (C=O) groups excluding carboxylic acids is 1. The van der Waals surface area contributed by atoms with Crippen molar-refractivity contribution >= 4 is 11.9 Å². The van der Waals surface area contributed by atoms with E-state index >= 15 is 0 Å². The number of benzene rings is 1. The molecule has 1 aliphatic carbocycles. The summed E-state index contributed by atoms with van der Waals surface area (Å²) in [6.07, 6.45) is 4.54. The van der Waals surface area contributed by atoms with E-state index in [1.54, 1.807) is 24.3 Å². The SMILES string of the molecule is C=CCOc1ccc(C(=O)N2CC3CCCC3C2C(=O)O)cc1OC. The van der Waals surface area contributed by atoms with Crippen molar-refractivity contribution in [3.05, 3.63) is 36.4 Å². The minimum atomic E-state index is -0.916. The maximum atomic E-state index is 12.9. The number of rotatable bonds is 6. The number of ether oxygens (including phenoxy) is 2. The van der Waals surface area contributed by atoms with Crippen LogP contribution in [0.15, 0.2) is 30.9 Å². The lowest BCUT2D eigenvalue weighted by Gasteiger charge is -2.24. The number of carboxylic acid groups (broad SMARTS) is 1. The van der Waals surface area contributed by atoms with Crippen LogP contribution < -0.4 is 9.47 Å². The fourth-order valence-corrected chi connectivity index (χ4v) is 4.07. The van der Waals surface area contributed by atoms with Gasteiger partial charge in [-0.15, -0.1) is 0 Å². The summed E-state index contributed by atoms with van der Waals surface area (Å²) in [5, 5.41) is 9.62. The zero-order valence-electron chi connectivity index (χ0n) is 14.3. The number of aliphatic carboxylic acids is 1. The molecule has 0 bridgehead atoms. The van der Waals surface area contributed by atoms with E-state index < -0.39 is 12.0 Å². The van der Waals surface area contributed by atoms with E-state index in [1.807, 2.05) is 0 Å². The second-order valence-corrected chi connectivity index (χ2v) is 6.56. The van der Waals surface area contributed by atoms with Crippen LogP contribution in [0.1, 0.15) is 29.6 Å². The zero-order chi connectivity index (χ0) is 18.0. The van der Waals surface area contributed by atoms with E-state index in [4.69, 9.17) is 9.47 Å². The first-order chi connectivity index (χ1) is 12.1. The van der Waals surface area contributed by atoms with Crippen LogP contribution in [0.5, 0.6) is 11.5 Å². The second-order valence-electron chi connectivity index (χ2n) is 6.56. The molecule has 1 saturated carbocycles. The third-order valence-corrected chi connectivity index (χ3v) is 5.17. The molecule has 1 aliphatic heterocycles. The molecule has 0 spiro atoms. The number of methoxy groups -OCH3 is 1. The van der Waals surface area contributed by atoms with Gasteiger partial charge in [-0.25, -0.2) is 4.79 Å². The van der Waals surface area contributed by atoms with Crippen molar-refractivity contribution in [2.75, 3.05) is 20.3 Å². The van der Waals surface area contributed by atoms with Crippen molar-refractivity contribution < 1.29 is 24.2 Å². The van der Waals surface area contributed by atoms with E-state index in [1.165, 1.54) is 12.0 Å². The Hall–Kier alpha value is -2.50. The summed E-state index contributed by atoms with van der Waals surface area (Å²) in [5.74, 6) is 0.141. The number of fused-ring (bicyclic) bond motifs is 1. The normalized spacial score (nSPS) is 24.7. The molecule has 0 aromatic heterocycles. The predicted octanol–water partition coefficient (Wildman–Crippen LogP) is 2.59. The van der Waals surface area contributed by atoms with E-state index in [-0.39, 0.29) is 11.8 Å². The second kappa shape index (κ2) is 7.17. The molecule has 2 fully saturated rings. The van der Waals surface area contributed by atoms with Gasteiger partial charge in [0, 0.05) is 12.1 Å². The molecule has 3 rings (SSSR count). The number of hydrogen-bond acceptors (Lipinski definition) is 4. The monoisotopic (exact) mass is 345 g/mol. The van der Waals surface area contributed by atoms with Crippen LogP contribution in [-0.4, -0.2) is 48.2 Å². The first kappa shape index (κ1) is 17.3. The lowest BCUT2D eigenvalue weighted by atomic mass is 9.94. The fraction of sp³-hybridized carbons (Fsp3) is 0.474. The van der Waals surface area contributed by atoms with Gasteiger partial charge in [0.15, 0.2) is 11.5 Å². The van der Waals surface area contributed by atoms with Gasteiger partial charge in [0.05, 0.1) is 7.11 Å². The minimum Gasteiger partial charge on any atom is -0.493 e. The molecule has 1 heterocycles. The van der Waals surface area contributed by atoms with Gasteiger partial charge >= 0.3 is 5.97 Å². The molecular formula is C19H23NO5. The van der Waals surface area contributed by atoms with Gasteiger partial charge in [-0.2, -0.15) is 0 Å². The molecule has 134 valence electrons. The first-order valence-electron chi connectivity index (χ1n) is 8.52. The standard InChI is InChI=1S/C19H23NO5/c1-3-9-25-15-8-7-12(10-16(15)24-2)18(21)20-11-13-5-4-6-14(13)17(20)19(22)23/h3,7-8,10,13-14,17H,1,4-6,9,11H2,2H3,(H,22,23). The molecule has 0 radical (unpaired) electrons. The number of likely N-dealkylation sites (tertiary alicyclic amines) is 1. The van der Waals surface area contributed by atoms with Crippen LogP contribution in [0.2, 0.25) is 0 Å². The van der Waals surface area contributed by atoms with Crippen LogP contribution in [0.25, 0.3) is 0 Å². The summed E-state index contributed by atoms with van der Waals surface area (Å²) < 4.78 is 10.8. The highest BCUT2D eigenvalue weighted by atomic mass is 16.5. The quantitative estimate of drug-likeness (QED) is 0.802. The Labute approximate surface area is 147 Å². The molecule has 1 aromatic carbocycles. The van der Waals surface area contributed by atoms with E-state index in [0.29, 0.717) is 36.1 Å². The van der Waals surface area contributed by atoms with Gasteiger partial charge in [-0.1, -0.05) is 19.1 Å². The predicted molar refractivity (Wildman–Crippen MR) is 92.0 cm³/mol. The molecule has 1 saturated heterocycles. The number of hydrogen-bond donors (Lipinski definition) is 1. The summed E-state index contributed by atoms with van der Waals surface area (Å²) in [6.45, 7) is 4.44. The van der Waals surface area contributed by atoms with E-state index in [0.717, 1.165) is 19.3 Å². The summed E-state index contributed by atoms with van der Waals surface area (Å²) in [4.78, 5) is 26.2. The lowest BCUT2D eigenvalue weighted by Crippen LogP contribution is -2.43. The first-order valence-corrected chi connectivity index (χ1v) is 8.52. The third-order valence-electron chi connectivity index (χ3n) is 5.17. The Morgan fingerprint density at radius 3 is 2.84 bits per heavy atom. The van der Waals surface area contributed by atoms with Crippen molar-refractivity contribution in [1.82, 2.24) is 4.90 Å². The van der Waals surface area contributed by atoms with Crippen molar-refractivity contribution in [3.63, 3.8) is 0 Å². The smallest absolute Gasteiger partial charge is 0.326 e. The van der Waals surface area contributed by atoms with Crippen LogP contribution in [0, 0.1) is 11.8 Å². The van der Waals surface area contributed by atoms with Gasteiger partial charge in [0.1, 0.15) is 12.6 Å². The summed E-state index contributed by atoms with van der Waals surface area (Å²) in [6, 6.07) is 4.19. The van der Waals surface area contributed by atoms with E-state index in [9.17, 15) is 14.7 Å². The fourth-order valence-electron chi connectivity index (χ4n) is 4.07. The van der Waals surface area contributed by atoms with Crippen LogP contribution in [0.4, 0.5) is 0 Å². The molecule has 1 aromatic rings. The Kier molecular flexibility index (Phi) is 4.97. The Morgan fingerprint density at radius 1 is 1.36 bits per heavy atom.